The highest BCUT2D eigenvalue weighted by molar-refractivity contribution is 5.99. The van der Waals surface area contributed by atoms with Gasteiger partial charge in [-0.25, -0.2) is 4.98 Å². The average molecular weight is 371 g/mol. The first-order valence-corrected chi connectivity index (χ1v) is 10.2. The van der Waals surface area contributed by atoms with E-state index >= 15 is 0 Å². The van der Waals surface area contributed by atoms with Gasteiger partial charge in [-0.3, -0.25) is 14.5 Å². The smallest absolute Gasteiger partial charge is 0.257 e. The Morgan fingerprint density at radius 3 is 2.70 bits per heavy atom. The number of hydrogen-bond donors (Lipinski definition) is 1. The first-order valence-electron chi connectivity index (χ1n) is 10.2. The predicted molar refractivity (Wildman–Crippen MR) is 104 cm³/mol. The van der Waals surface area contributed by atoms with E-state index < -0.39 is 0 Å². The fraction of sp³-hybridized carbons (Fsp3) is 0.650. The zero-order valence-corrected chi connectivity index (χ0v) is 16.1. The van der Waals surface area contributed by atoms with Crippen LogP contribution in [0.25, 0.3) is 0 Å². The molecule has 2 saturated heterocycles. The van der Waals surface area contributed by atoms with Gasteiger partial charge in [-0.15, -0.1) is 0 Å². The van der Waals surface area contributed by atoms with Gasteiger partial charge in [0.15, 0.2) is 0 Å². The number of anilines is 1. The van der Waals surface area contributed by atoms with E-state index in [4.69, 9.17) is 0 Å². The second-order valence-electron chi connectivity index (χ2n) is 7.88. The average Bonchev–Trinajstić information content (AvgIpc) is 3.32. The second-order valence-corrected chi connectivity index (χ2v) is 7.88. The number of nitrogens with one attached hydrogen (secondary N) is 1. The summed E-state index contributed by atoms with van der Waals surface area (Å²) >= 11 is 0. The van der Waals surface area contributed by atoms with Gasteiger partial charge in [0.05, 0.1) is 12.1 Å². The number of carbonyl (C=O) groups excluding carboxylic acids is 2. The molecule has 1 aliphatic carbocycles. The van der Waals surface area contributed by atoms with Gasteiger partial charge in [-0.1, -0.05) is 0 Å². The van der Waals surface area contributed by atoms with Crippen molar-refractivity contribution in [1.82, 2.24) is 20.1 Å². The van der Waals surface area contributed by atoms with Crippen molar-refractivity contribution in [1.29, 1.82) is 0 Å². The Kier molecular flexibility index (Phi) is 5.29. The molecule has 0 radical (unpaired) electrons. The van der Waals surface area contributed by atoms with Crippen LogP contribution < -0.4 is 10.2 Å². The van der Waals surface area contributed by atoms with Crippen molar-refractivity contribution < 1.29 is 9.59 Å². The van der Waals surface area contributed by atoms with Crippen molar-refractivity contribution in [2.75, 3.05) is 50.7 Å². The van der Waals surface area contributed by atoms with Crippen LogP contribution in [0, 0.1) is 5.92 Å². The van der Waals surface area contributed by atoms with Gasteiger partial charge in [0.1, 0.15) is 5.82 Å². The standard InChI is InChI=1S/C20H29N5O2/c1-2-21-18(26)14-23-8-10-24(11-9-23)19-17(4-3-7-22-19)20(27)25-13-15-5-6-16(25)12-15/h3-4,7,15-16H,2,5-6,8-14H2,1H3,(H,21,26)/t15-,16+/m0/s1. The van der Waals surface area contributed by atoms with Crippen LogP contribution in [-0.2, 0) is 4.79 Å². The van der Waals surface area contributed by atoms with Crippen molar-refractivity contribution >= 4 is 17.6 Å². The zero-order valence-electron chi connectivity index (χ0n) is 16.1. The molecule has 3 heterocycles. The first-order chi connectivity index (χ1) is 13.2. The number of piperidine rings is 1. The molecule has 0 aromatic carbocycles. The zero-order chi connectivity index (χ0) is 18.8. The molecule has 0 unspecified atom stereocenters. The van der Waals surface area contributed by atoms with Crippen molar-refractivity contribution in [2.45, 2.75) is 32.2 Å². The molecule has 0 spiro atoms. The summed E-state index contributed by atoms with van der Waals surface area (Å²) < 4.78 is 0. The monoisotopic (exact) mass is 371 g/mol. The number of fused-ring (bicyclic) bond motifs is 2. The number of rotatable bonds is 5. The Hall–Kier alpha value is -2.15. The van der Waals surface area contributed by atoms with Crippen molar-refractivity contribution in [3.05, 3.63) is 23.9 Å². The lowest BCUT2D eigenvalue weighted by molar-refractivity contribution is -0.122. The third-order valence-electron chi connectivity index (χ3n) is 6.10. The number of amides is 2. The van der Waals surface area contributed by atoms with Gasteiger partial charge in [-0.05, 0) is 44.2 Å². The first kappa shape index (κ1) is 18.2. The van der Waals surface area contributed by atoms with Gasteiger partial charge in [0.2, 0.25) is 5.91 Å². The van der Waals surface area contributed by atoms with Crippen LogP contribution in [0.4, 0.5) is 5.82 Å². The molecule has 1 saturated carbocycles. The van der Waals surface area contributed by atoms with Crippen molar-refractivity contribution in [3.63, 3.8) is 0 Å². The minimum atomic E-state index is 0.0729. The summed E-state index contributed by atoms with van der Waals surface area (Å²) in [6.07, 6.45) is 5.34. The number of likely N-dealkylation sites (N-methyl/N-ethyl adjacent to an activating group) is 1. The Labute approximate surface area is 160 Å². The topological polar surface area (TPSA) is 68.8 Å². The molecule has 2 amide bonds. The Bertz CT molecular complexity index is 701. The molecule has 146 valence electrons. The molecule has 3 aliphatic rings. The van der Waals surface area contributed by atoms with E-state index in [1.165, 1.54) is 12.8 Å². The molecule has 4 rings (SSSR count). The van der Waals surface area contributed by atoms with Crippen LogP contribution >= 0.6 is 0 Å². The lowest BCUT2D eigenvalue weighted by Gasteiger charge is -2.36. The summed E-state index contributed by atoms with van der Waals surface area (Å²) in [6, 6.07) is 4.19. The molecular weight excluding hydrogens is 342 g/mol. The van der Waals surface area contributed by atoms with E-state index in [0.717, 1.165) is 50.5 Å². The highest BCUT2D eigenvalue weighted by atomic mass is 16.2. The number of carbonyl (C=O) groups is 2. The molecule has 2 bridgehead atoms. The molecule has 27 heavy (non-hydrogen) atoms. The maximum atomic E-state index is 13.2. The van der Waals surface area contributed by atoms with Gasteiger partial charge >= 0.3 is 0 Å². The summed E-state index contributed by atoms with van der Waals surface area (Å²) in [5.74, 6) is 1.69. The van der Waals surface area contributed by atoms with E-state index in [9.17, 15) is 9.59 Å². The Morgan fingerprint density at radius 1 is 1.22 bits per heavy atom. The van der Waals surface area contributed by atoms with E-state index in [2.05, 4.69) is 25.0 Å². The molecule has 2 atom stereocenters. The molecular formula is C20H29N5O2. The largest absolute Gasteiger partial charge is 0.355 e. The van der Waals surface area contributed by atoms with Crippen molar-refractivity contribution in [3.8, 4) is 0 Å². The Morgan fingerprint density at radius 2 is 2.04 bits per heavy atom. The van der Waals surface area contributed by atoms with Crippen LogP contribution in [0.2, 0.25) is 0 Å². The SMILES string of the molecule is CCNC(=O)CN1CCN(c2ncccc2C(=O)N2C[C@H]3CC[C@@H]2C3)CC1. The third-order valence-corrected chi connectivity index (χ3v) is 6.10. The van der Waals surface area contributed by atoms with E-state index in [1.54, 1.807) is 6.20 Å². The highest BCUT2D eigenvalue weighted by Gasteiger charge is 2.41. The van der Waals surface area contributed by atoms with Gasteiger partial charge in [0, 0.05) is 51.5 Å². The summed E-state index contributed by atoms with van der Waals surface area (Å²) in [5.41, 5.74) is 0.724. The van der Waals surface area contributed by atoms with E-state index in [0.29, 0.717) is 25.0 Å². The minimum absolute atomic E-state index is 0.0729. The van der Waals surface area contributed by atoms with Crippen LogP contribution in [-0.4, -0.2) is 78.5 Å². The fourth-order valence-corrected chi connectivity index (χ4v) is 4.72. The number of hydrogen-bond acceptors (Lipinski definition) is 5. The third kappa shape index (κ3) is 3.78. The summed E-state index contributed by atoms with van der Waals surface area (Å²) in [5, 5.41) is 2.85. The van der Waals surface area contributed by atoms with Crippen molar-refractivity contribution in [2.24, 2.45) is 5.92 Å². The number of nitrogens with zero attached hydrogens (tertiary/aromatic N) is 4. The number of piperazine rings is 1. The Balaban J connectivity index is 1.42. The number of aromatic nitrogens is 1. The number of likely N-dealkylation sites (tertiary alicyclic amines) is 1. The molecule has 1 aromatic rings. The van der Waals surface area contributed by atoms with Gasteiger partial charge in [0.25, 0.3) is 5.91 Å². The van der Waals surface area contributed by atoms with Gasteiger partial charge < -0.3 is 15.1 Å². The minimum Gasteiger partial charge on any atom is -0.355 e. The molecule has 7 nitrogen and oxygen atoms in total. The molecule has 1 aromatic heterocycles. The molecule has 3 fully saturated rings. The van der Waals surface area contributed by atoms with Crippen LogP contribution in [0.5, 0.6) is 0 Å². The molecule has 7 heteroatoms. The summed E-state index contributed by atoms with van der Waals surface area (Å²) in [4.78, 5) is 35.9. The fourth-order valence-electron chi connectivity index (χ4n) is 4.72. The summed E-state index contributed by atoms with van der Waals surface area (Å²) in [6.45, 7) is 7.10. The van der Waals surface area contributed by atoms with E-state index in [-0.39, 0.29) is 11.8 Å². The maximum Gasteiger partial charge on any atom is 0.257 e. The van der Waals surface area contributed by atoms with Crippen LogP contribution in [0.1, 0.15) is 36.5 Å². The lowest BCUT2D eigenvalue weighted by Crippen LogP contribution is -2.50. The quantitative estimate of drug-likeness (QED) is 0.835. The second kappa shape index (κ2) is 7.84. The number of pyridine rings is 1. The lowest BCUT2D eigenvalue weighted by atomic mass is 10.1. The van der Waals surface area contributed by atoms with Crippen LogP contribution in [0.3, 0.4) is 0 Å². The highest BCUT2D eigenvalue weighted by Crippen LogP contribution is 2.38. The van der Waals surface area contributed by atoms with Gasteiger partial charge in [-0.2, -0.15) is 0 Å². The van der Waals surface area contributed by atoms with E-state index in [1.807, 2.05) is 19.1 Å². The maximum absolute atomic E-state index is 13.2. The normalized spacial score (nSPS) is 25.1. The predicted octanol–water partition coefficient (Wildman–Crippen LogP) is 0.964. The molecule has 2 aliphatic heterocycles. The summed E-state index contributed by atoms with van der Waals surface area (Å²) in [7, 11) is 0. The van der Waals surface area contributed by atoms with Crippen LogP contribution in [0.15, 0.2) is 18.3 Å². The molecule has 1 N–H and O–H groups in total.